The first-order valence-electron chi connectivity index (χ1n) is 6.21. The first-order chi connectivity index (χ1) is 9.69. The van der Waals surface area contributed by atoms with Crippen LogP contribution in [0.2, 0.25) is 0 Å². The molecule has 0 saturated carbocycles. The summed E-state index contributed by atoms with van der Waals surface area (Å²) in [7, 11) is 1.53. The van der Waals surface area contributed by atoms with E-state index < -0.39 is 0 Å². The van der Waals surface area contributed by atoms with Crippen LogP contribution >= 0.6 is 0 Å². The van der Waals surface area contributed by atoms with Gasteiger partial charge in [0.25, 0.3) is 0 Å². The third-order valence-corrected chi connectivity index (χ3v) is 2.77. The fraction of sp³-hybridized carbons (Fsp3) is 0.133. The zero-order valence-electron chi connectivity index (χ0n) is 11.2. The number of hydrogen-bond donors (Lipinski definition) is 3. The van der Waals surface area contributed by atoms with Crippen LogP contribution in [0.1, 0.15) is 5.56 Å². The molecule has 0 saturated heterocycles. The lowest BCUT2D eigenvalue weighted by Crippen LogP contribution is -2.28. The standard InChI is InChI=1S/C15H17N3O2/c1-20-14-9-12(16)7-8-13(14)18-15(19)17-10-11-5-3-2-4-6-11/h2-9H,10,16H2,1H3,(H2,17,18,19). The van der Waals surface area contributed by atoms with Crippen LogP contribution in [-0.2, 0) is 6.54 Å². The van der Waals surface area contributed by atoms with Crippen LogP contribution in [-0.4, -0.2) is 13.1 Å². The topological polar surface area (TPSA) is 76.4 Å². The SMILES string of the molecule is COc1cc(N)ccc1NC(=O)NCc1ccccc1. The van der Waals surface area contributed by atoms with Gasteiger partial charge in [-0.05, 0) is 17.7 Å². The molecule has 0 spiro atoms. The number of amides is 2. The second-order valence-corrected chi connectivity index (χ2v) is 4.25. The third kappa shape index (κ3) is 3.65. The number of anilines is 2. The lowest BCUT2D eigenvalue weighted by molar-refractivity contribution is 0.251. The van der Waals surface area contributed by atoms with E-state index in [4.69, 9.17) is 10.5 Å². The van der Waals surface area contributed by atoms with Crippen molar-refractivity contribution in [3.8, 4) is 5.75 Å². The summed E-state index contributed by atoms with van der Waals surface area (Å²) in [6.07, 6.45) is 0. The third-order valence-electron chi connectivity index (χ3n) is 2.77. The number of rotatable bonds is 4. The lowest BCUT2D eigenvalue weighted by Gasteiger charge is -2.11. The molecule has 0 unspecified atom stereocenters. The zero-order valence-corrected chi connectivity index (χ0v) is 11.2. The second-order valence-electron chi connectivity index (χ2n) is 4.25. The number of benzene rings is 2. The number of carbonyl (C=O) groups excluding carboxylic acids is 1. The highest BCUT2D eigenvalue weighted by atomic mass is 16.5. The number of hydrogen-bond acceptors (Lipinski definition) is 3. The minimum Gasteiger partial charge on any atom is -0.494 e. The minimum atomic E-state index is -0.295. The molecule has 5 heteroatoms. The first-order valence-corrected chi connectivity index (χ1v) is 6.21. The molecule has 2 rings (SSSR count). The van der Waals surface area contributed by atoms with Crippen molar-refractivity contribution in [1.29, 1.82) is 0 Å². The molecule has 0 bridgehead atoms. The van der Waals surface area contributed by atoms with E-state index in [2.05, 4.69) is 10.6 Å². The Morgan fingerprint density at radius 3 is 2.65 bits per heavy atom. The molecular formula is C15H17N3O2. The molecule has 0 aliphatic rings. The van der Waals surface area contributed by atoms with Gasteiger partial charge in [0.05, 0.1) is 12.8 Å². The molecule has 20 heavy (non-hydrogen) atoms. The van der Waals surface area contributed by atoms with Gasteiger partial charge in [0.1, 0.15) is 5.75 Å². The van der Waals surface area contributed by atoms with Crippen LogP contribution in [0.25, 0.3) is 0 Å². The number of carbonyl (C=O) groups is 1. The van der Waals surface area contributed by atoms with Gasteiger partial charge < -0.3 is 21.1 Å². The fourth-order valence-electron chi connectivity index (χ4n) is 1.76. The van der Waals surface area contributed by atoms with Gasteiger partial charge in [-0.1, -0.05) is 30.3 Å². The summed E-state index contributed by atoms with van der Waals surface area (Å²) in [6.45, 7) is 0.462. The highest BCUT2D eigenvalue weighted by Crippen LogP contribution is 2.26. The number of nitrogens with one attached hydrogen (secondary N) is 2. The molecule has 0 aliphatic carbocycles. The quantitative estimate of drug-likeness (QED) is 0.748. The highest BCUT2D eigenvalue weighted by Gasteiger charge is 2.07. The summed E-state index contributed by atoms with van der Waals surface area (Å²) < 4.78 is 5.17. The minimum absolute atomic E-state index is 0.295. The van der Waals surface area contributed by atoms with Gasteiger partial charge in [-0.3, -0.25) is 0 Å². The monoisotopic (exact) mass is 271 g/mol. The Morgan fingerprint density at radius 1 is 1.20 bits per heavy atom. The average Bonchev–Trinajstić information content (AvgIpc) is 2.48. The van der Waals surface area contributed by atoms with Gasteiger partial charge >= 0.3 is 6.03 Å². The van der Waals surface area contributed by atoms with Crippen LogP contribution in [0.5, 0.6) is 5.75 Å². The van der Waals surface area contributed by atoms with Crippen LogP contribution in [0.15, 0.2) is 48.5 Å². The number of ether oxygens (including phenoxy) is 1. The number of urea groups is 1. The van der Waals surface area contributed by atoms with Crippen LogP contribution in [0, 0.1) is 0 Å². The Morgan fingerprint density at radius 2 is 1.95 bits per heavy atom. The summed E-state index contributed by atoms with van der Waals surface area (Å²) >= 11 is 0. The van der Waals surface area contributed by atoms with Crippen molar-refractivity contribution in [2.24, 2.45) is 0 Å². The molecular weight excluding hydrogens is 254 g/mol. The van der Waals surface area contributed by atoms with E-state index in [9.17, 15) is 4.79 Å². The molecule has 104 valence electrons. The molecule has 2 amide bonds. The molecule has 0 heterocycles. The summed E-state index contributed by atoms with van der Waals surface area (Å²) in [5.41, 5.74) is 7.85. The summed E-state index contributed by atoms with van der Waals surface area (Å²) in [5, 5.41) is 5.50. The molecule has 0 fully saturated rings. The second kappa shape index (κ2) is 6.47. The molecule has 2 aromatic rings. The highest BCUT2D eigenvalue weighted by molar-refractivity contribution is 5.91. The summed E-state index contributed by atoms with van der Waals surface area (Å²) in [4.78, 5) is 11.8. The van der Waals surface area contributed by atoms with Gasteiger partial charge in [0, 0.05) is 18.3 Å². The maximum Gasteiger partial charge on any atom is 0.319 e. The van der Waals surface area contributed by atoms with Gasteiger partial charge in [0.15, 0.2) is 0 Å². The van der Waals surface area contributed by atoms with Gasteiger partial charge in [-0.2, -0.15) is 0 Å². The van der Waals surface area contributed by atoms with Crippen LogP contribution in [0.4, 0.5) is 16.2 Å². The summed E-state index contributed by atoms with van der Waals surface area (Å²) in [6, 6.07) is 14.5. The fourth-order valence-corrected chi connectivity index (χ4v) is 1.76. The van der Waals surface area contributed by atoms with Crippen molar-refractivity contribution >= 4 is 17.4 Å². The Balaban J connectivity index is 1.95. The van der Waals surface area contributed by atoms with Crippen molar-refractivity contribution in [3.63, 3.8) is 0 Å². The van der Waals surface area contributed by atoms with Crippen molar-refractivity contribution in [3.05, 3.63) is 54.1 Å². The summed E-state index contributed by atoms with van der Waals surface area (Å²) in [5.74, 6) is 0.528. The molecule has 2 aromatic carbocycles. The van der Waals surface area contributed by atoms with E-state index in [1.165, 1.54) is 7.11 Å². The molecule has 0 atom stereocenters. The molecule has 4 N–H and O–H groups in total. The number of nitrogens with two attached hydrogens (primary N) is 1. The van der Waals surface area contributed by atoms with Gasteiger partial charge in [0.2, 0.25) is 0 Å². The van der Waals surface area contributed by atoms with Crippen molar-refractivity contribution in [2.45, 2.75) is 6.54 Å². The van der Waals surface area contributed by atoms with Crippen LogP contribution in [0.3, 0.4) is 0 Å². The normalized spacial score (nSPS) is 9.85. The molecule has 0 radical (unpaired) electrons. The largest absolute Gasteiger partial charge is 0.494 e. The Bertz CT molecular complexity index is 585. The maximum absolute atomic E-state index is 11.8. The molecule has 0 aromatic heterocycles. The first kappa shape index (κ1) is 13.7. The average molecular weight is 271 g/mol. The van der Waals surface area contributed by atoms with E-state index in [0.717, 1.165) is 5.56 Å². The van der Waals surface area contributed by atoms with Gasteiger partial charge in [-0.25, -0.2) is 4.79 Å². The van der Waals surface area contributed by atoms with Crippen molar-refractivity contribution in [2.75, 3.05) is 18.2 Å². The zero-order chi connectivity index (χ0) is 14.4. The van der Waals surface area contributed by atoms with E-state index in [-0.39, 0.29) is 6.03 Å². The smallest absolute Gasteiger partial charge is 0.319 e. The Kier molecular flexibility index (Phi) is 4.44. The lowest BCUT2D eigenvalue weighted by atomic mass is 10.2. The predicted molar refractivity (Wildman–Crippen MR) is 79.7 cm³/mol. The van der Waals surface area contributed by atoms with E-state index in [0.29, 0.717) is 23.7 Å². The molecule has 5 nitrogen and oxygen atoms in total. The Hall–Kier alpha value is -2.69. The van der Waals surface area contributed by atoms with Crippen molar-refractivity contribution in [1.82, 2.24) is 5.32 Å². The Labute approximate surface area is 117 Å². The van der Waals surface area contributed by atoms with Crippen LogP contribution < -0.4 is 21.1 Å². The van der Waals surface area contributed by atoms with E-state index in [1.807, 2.05) is 30.3 Å². The van der Waals surface area contributed by atoms with E-state index in [1.54, 1.807) is 18.2 Å². The maximum atomic E-state index is 11.8. The number of nitrogen functional groups attached to an aromatic ring is 1. The van der Waals surface area contributed by atoms with Gasteiger partial charge in [-0.15, -0.1) is 0 Å². The van der Waals surface area contributed by atoms with Crippen molar-refractivity contribution < 1.29 is 9.53 Å². The predicted octanol–water partition coefficient (Wildman–Crippen LogP) is 2.60. The molecule has 0 aliphatic heterocycles. The van der Waals surface area contributed by atoms with E-state index >= 15 is 0 Å². The number of methoxy groups -OCH3 is 1.